The van der Waals surface area contributed by atoms with Crippen LogP contribution in [0.2, 0.25) is 0 Å². The first kappa shape index (κ1) is 10.4. The Labute approximate surface area is 85.7 Å². The molecule has 1 aliphatic carbocycles. The molecular formula is C11H20O3. The lowest BCUT2D eigenvalue weighted by Gasteiger charge is -2.27. The van der Waals surface area contributed by atoms with Crippen LogP contribution in [0.3, 0.4) is 0 Å². The first-order valence-electron chi connectivity index (χ1n) is 5.60. The van der Waals surface area contributed by atoms with Gasteiger partial charge in [-0.3, -0.25) is 0 Å². The Morgan fingerprint density at radius 2 is 1.93 bits per heavy atom. The third-order valence-corrected chi connectivity index (χ3v) is 3.42. The zero-order valence-corrected chi connectivity index (χ0v) is 9.12. The summed E-state index contributed by atoms with van der Waals surface area (Å²) in [4.78, 5) is 0. The number of hydrogen-bond acceptors (Lipinski definition) is 3. The van der Waals surface area contributed by atoms with Gasteiger partial charge in [-0.2, -0.15) is 0 Å². The van der Waals surface area contributed by atoms with E-state index in [1.807, 2.05) is 6.92 Å². The third-order valence-electron chi connectivity index (χ3n) is 3.42. The molecule has 1 aliphatic heterocycles. The Morgan fingerprint density at radius 3 is 2.50 bits per heavy atom. The van der Waals surface area contributed by atoms with Crippen LogP contribution in [0.4, 0.5) is 0 Å². The highest BCUT2D eigenvalue weighted by molar-refractivity contribution is 4.78. The SMILES string of the molecule is COC1(C)OC[C@@H](C2CCCCC2)O1. The fourth-order valence-corrected chi connectivity index (χ4v) is 2.42. The van der Waals surface area contributed by atoms with E-state index in [1.165, 1.54) is 32.1 Å². The van der Waals surface area contributed by atoms with E-state index in [1.54, 1.807) is 7.11 Å². The molecule has 0 spiro atoms. The Kier molecular flexibility index (Phi) is 3.10. The van der Waals surface area contributed by atoms with Crippen molar-refractivity contribution in [1.29, 1.82) is 0 Å². The number of methoxy groups -OCH3 is 1. The minimum Gasteiger partial charge on any atom is -0.331 e. The van der Waals surface area contributed by atoms with E-state index in [-0.39, 0.29) is 6.10 Å². The molecule has 2 fully saturated rings. The molecule has 0 aromatic carbocycles. The van der Waals surface area contributed by atoms with Crippen LogP contribution in [0.15, 0.2) is 0 Å². The number of ether oxygens (including phenoxy) is 3. The Hall–Kier alpha value is -0.120. The normalized spacial score (nSPS) is 40.3. The van der Waals surface area contributed by atoms with Crippen LogP contribution in [0, 0.1) is 5.92 Å². The third kappa shape index (κ3) is 2.10. The summed E-state index contributed by atoms with van der Waals surface area (Å²) in [6, 6.07) is 0. The maximum Gasteiger partial charge on any atom is 0.280 e. The summed E-state index contributed by atoms with van der Waals surface area (Å²) in [6.45, 7) is 2.53. The topological polar surface area (TPSA) is 27.7 Å². The summed E-state index contributed by atoms with van der Waals surface area (Å²) in [5.41, 5.74) is 0. The molecule has 1 saturated carbocycles. The van der Waals surface area contributed by atoms with Gasteiger partial charge in [-0.05, 0) is 18.8 Å². The van der Waals surface area contributed by atoms with Gasteiger partial charge in [0.1, 0.15) is 0 Å². The zero-order valence-electron chi connectivity index (χ0n) is 9.12. The average molecular weight is 200 g/mol. The van der Waals surface area contributed by atoms with Gasteiger partial charge in [-0.1, -0.05) is 19.3 Å². The van der Waals surface area contributed by atoms with Gasteiger partial charge in [-0.15, -0.1) is 0 Å². The second-order valence-corrected chi connectivity index (χ2v) is 4.43. The lowest BCUT2D eigenvalue weighted by atomic mass is 9.85. The fourth-order valence-electron chi connectivity index (χ4n) is 2.42. The van der Waals surface area contributed by atoms with Crippen molar-refractivity contribution in [2.24, 2.45) is 5.92 Å². The summed E-state index contributed by atoms with van der Waals surface area (Å²) < 4.78 is 16.5. The molecule has 0 amide bonds. The van der Waals surface area contributed by atoms with E-state index in [9.17, 15) is 0 Å². The monoisotopic (exact) mass is 200 g/mol. The zero-order chi connectivity index (χ0) is 10.0. The Bertz CT molecular complexity index is 189. The summed E-state index contributed by atoms with van der Waals surface area (Å²) in [6.07, 6.45) is 6.88. The first-order chi connectivity index (χ1) is 6.73. The summed E-state index contributed by atoms with van der Waals surface area (Å²) in [5.74, 6) is -0.108. The molecule has 1 saturated heterocycles. The van der Waals surface area contributed by atoms with Crippen LogP contribution in [0.5, 0.6) is 0 Å². The van der Waals surface area contributed by atoms with Gasteiger partial charge in [-0.25, -0.2) is 0 Å². The van der Waals surface area contributed by atoms with E-state index in [4.69, 9.17) is 14.2 Å². The van der Waals surface area contributed by atoms with E-state index < -0.39 is 5.97 Å². The minimum absolute atomic E-state index is 0.250. The van der Waals surface area contributed by atoms with Crippen molar-refractivity contribution in [2.45, 2.75) is 51.1 Å². The molecule has 0 aromatic rings. The smallest absolute Gasteiger partial charge is 0.280 e. The maximum atomic E-state index is 5.79. The molecule has 3 heteroatoms. The number of hydrogen-bond donors (Lipinski definition) is 0. The molecule has 0 aromatic heterocycles. The van der Waals surface area contributed by atoms with Crippen molar-refractivity contribution in [3.8, 4) is 0 Å². The molecule has 1 unspecified atom stereocenters. The molecule has 82 valence electrons. The van der Waals surface area contributed by atoms with Crippen molar-refractivity contribution in [3.63, 3.8) is 0 Å². The highest BCUT2D eigenvalue weighted by Gasteiger charge is 2.41. The molecule has 1 heterocycles. The van der Waals surface area contributed by atoms with Crippen LogP contribution in [-0.4, -0.2) is 25.8 Å². The van der Waals surface area contributed by atoms with Crippen molar-refractivity contribution >= 4 is 0 Å². The lowest BCUT2D eigenvalue weighted by Crippen LogP contribution is -2.31. The Morgan fingerprint density at radius 1 is 1.21 bits per heavy atom. The van der Waals surface area contributed by atoms with E-state index in [0.29, 0.717) is 12.5 Å². The molecule has 0 radical (unpaired) electrons. The first-order valence-corrected chi connectivity index (χ1v) is 5.60. The molecule has 2 atom stereocenters. The van der Waals surface area contributed by atoms with Crippen LogP contribution >= 0.6 is 0 Å². The average Bonchev–Trinajstić information content (AvgIpc) is 2.63. The Balaban J connectivity index is 1.88. The van der Waals surface area contributed by atoms with Crippen LogP contribution in [-0.2, 0) is 14.2 Å². The predicted octanol–water partition coefficient (Wildman–Crippen LogP) is 2.30. The van der Waals surface area contributed by atoms with Crippen molar-refractivity contribution < 1.29 is 14.2 Å². The molecule has 14 heavy (non-hydrogen) atoms. The number of rotatable bonds is 2. The highest BCUT2D eigenvalue weighted by atomic mass is 16.9. The lowest BCUT2D eigenvalue weighted by molar-refractivity contribution is -0.316. The van der Waals surface area contributed by atoms with Gasteiger partial charge in [0.2, 0.25) is 0 Å². The molecular weight excluding hydrogens is 180 g/mol. The van der Waals surface area contributed by atoms with Crippen LogP contribution in [0.1, 0.15) is 39.0 Å². The van der Waals surface area contributed by atoms with Crippen LogP contribution in [0.25, 0.3) is 0 Å². The van der Waals surface area contributed by atoms with Crippen molar-refractivity contribution in [3.05, 3.63) is 0 Å². The summed E-state index contributed by atoms with van der Waals surface area (Å²) >= 11 is 0. The summed E-state index contributed by atoms with van der Waals surface area (Å²) in [5, 5.41) is 0. The molecule has 0 bridgehead atoms. The highest BCUT2D eigenvalue weighted by Crippen LogP contribution is 2.34. The van der Waals surface area contributed by atoms with E-state index in [0.717, 1.165) is 0 Å². The van der Waals surface area contributed by atoms with Gasteiger partial charge in [0.25, 0.3) is 5.97 Å². The molecule has 0 N–H and O–H groups in total. The molecule has 2 aliphatic rings. The second-order valence-electron chi connectivity index (χ2n) is 4.43. The van der Waals surface area contributed by atoms with E-state index in [2.05, 4.69) is 0 Å². The van der Waals surface area contributed by atoms with E-state index >= 15 is 0 Å². The molecule has 3 nitrogen and oxygen atoms in total. The van der Waals surface area contributed by atoms with Gasteiger partial charge < -0.3 is 14.2 Å². The van der Waals surface area contributed by atoms with Gasteiger partial charge in [0.05, 0.1) is 12.7 Å². The van der Waals surface area contributed by atoms with Gasteiger partial charge in [0, 0.05) is 14.0 Å². The van der Waals surface area contributed by atoms with Crippen LogP contribution < -0.4 is 0 Å². The standard InChI is InChI=1S/C11H20O3/c1-11(12-2)13-8-10(14-11)9-6-4-3-5-7-9/h9-10H,3-8H2,1-2H3/t10-,11?/m0/s1. The van der Waals surface area contributed by atoms with Gasteiger partial charge >= 0.3 is 0 Å². The van der Waals surface area contributed by atoms with Gasteiger partial charge in [0.15, 0.2) is 0 Å². The van der Waals surface area contributed by atoms with Crippen molar-refractivity contribution in [1.82, 2.24) is 0 Å². The predicted molar refractivity (Wildman–Crippen MR) is 52.8 cm³/mol. The van der Waals surface area contributed by atoms with Crippen molar-refractivity contribution in [2.75, 3.05) is 13.7 Å². The minimum atomic E-state index is -0.790. The maximum absolute atomic E-state index is 5.79. The fraction of sp³-hybridized carbons (Fsp3) is 1.00. The quantitative estimate of drug-likeness (QED) is 0.684. The summed E-state index contributed by atoms with van der Waals surface area (Å²) in [7, 11) is 1.63. The second kappa shape index (κ2) is 4.17. The molecule has 2 rings (SSSR count). The largest absolute Gasteiger partial charge is 0.331 e.